The maximum absolute atomic E-state index is 10.5. The van der Waals surface area contributed by atoms with E-state index in [4.69, 9.17) is 0 Å². The van der Waals surface area contributed by atoms with E-state index in [2.05, 4.69) is 23.5 Å². The van der Waals surface area contributed by atoms with Crippen molar-refractivity contribution in [1.82, 2.24) is 5.32 Å². The largest absolute Gasteiger partial charge is 0.388 e. The van der Waals surface area contributed by atoms with Crippen molar-refractivity contribution in [2.24, 2.45) is 0 Å². The highest BCUT2D eigenvalue weighted by molar-refractivity contribution is 5.35. The smallest absolute Gasteiger partial charge is 0.0836 e. The molecule has 0 fully saturated rings. The molecular formula is C13H19NO. The molecule has 1 atom stereocenters. The minimum atomic E-state index is -0.605. The number of benzene rings is 1. The van der Waals surface area contributed by atoms with Crippen LogP contribution in [0.1, 0.15) is 43.9 Å². The Balaban J connectivity index is 2.34. The minimum Gasteiger partial charge on any atom is -0.388 e. The molecular weight excluding hydrogens is 186 g/mol. The Morgan fingerprint density at radius 3 is 2.67 bits per heavy atom. The van der Waals surface area contributed by atoms with Crippen molar-refractivity contribution < 1.29 is 5.11 Å². The highest BCUT2D eigenvalue weighted by Gasteiger charge is 2.38. The molecule has 1 aromatic rings. The molecule has 2 heteroatoms. The second-order valence-corrected chi connectivity index (χ2v) is 4.32. The van der Waals surface area contributed by atoms with Gasteiger partial charge in [0.25, 0.3) is 0 Å². The van der Waals surface area contributed by atoms with Crippen LogP contribution < -0.4 is 5.32 Å². The fraction of sp³-hybridized carbons (Fsp3) is 0.538. The lowest BCUT2D eigenvalue weighted by molar-refractivity contribution is -0.00375. The van der Waals surface area contributed by atoms with Gasteiger partial charge in [0.05, 0.1) is 11.6 Å². The van der Waals surface area contributed by atoms with Crippen LogP contribution in [0, 0.1) is 0 Å². The lowest BCUT2D eigenvalue weighted by Gasteiger charge is -2.32. The van der Waals surface area contributed by atoms with Crippen LogP contribution in [0.2, 0.25) is 0 Å². The van der Waals surface area contributed by atoms with E-state index in [1.807, 2.05) is 19.9 Å². The number of hydrogen-bond donors (Lipinski definition) is 2. The number of rotatable bonds is 3. The van der Waals surface area contributed by atoms with Crippen molar-refractivity contribution >= 4 is 0 Å². The van der Waals surface area contributed by atoms with Gasteiger partial charge in [-0.1, -0.05) is 38.1 Å². The van der Waals surface area contributed by atoms with Crippen molar-refractivity contribution in [2.45, 2.75) is 44.9 Å². The van der Waals surface area contributed by atoms with E-state index in [0.717, 1.165) is 19.4 Å². The Kier molecular flexibility index (Phi) is 2.81. The third-order valence-corrected chi connectivity index (χ3v) is 3.62. The molecule has 15 heavy (non-hydrogen) atoms. The van der Waals surface area contributed by atoms with Gasteiger partial charge < -0.3 is 10.4 Å². The van der Waals surface area contributed by atoms with Gasteiger partial charge in [-0.15, -0.1) is 0 Å². The minimum absolute atomic E-state index is 0.101. The van der Waals surface area contributed by atoms with Gasteiger partial charge in [0.15, 0.2) is 0 Å². The quantitative estimate of drug-likeness (QED) is 0.794. The van der Waals surface area contributed by atoms with Gasteiger partial charge in [-0.25, -0.2) is 0 Å². The Bertz CT molecular complexity index is 344. The first-order valence-electron chi connectivity index (χ1n) is 5.75. The molecule has 2 nitrogen and oxygen atoms in total. The summed E-state index contributed by atoms with van der Waals surface area (Å²) in [4.78, 5) is 0. The topological polar surface area (TPSA) is 32.3 Å². The third-order valence-electron chi connectivity index (χ3n) is 3.62. The molecule has 2 rings (SSSR count). The van der Waals surface area contributed by atoms with Crippen molar-refractivity contribution in [3.8, 4) is 0 Å². The average Bonchev–Trinajstić information content (AvgIpc) is 2.72. The molecule has 1 unspecified atom stereocenters. The third kappa shape index (κ3) is 1.68. The predicted octanol–water partition coefficient (Wildman–Crippen LogP) is 2.38. The van der Waals surface area contributed by atoms with Crippen LogP contribution in [-0.2, 0) is 6.54 Å². The summed E-state index contributed by atoms with van der Waals surface area (Å²) in [5.74, 6) is 0. The Morgan fingerprint density at radius 1 is 1.33 bits per heavy atom. The number of hydrogen-bond acceptors (Lipinski definition) is 2. The summed E-state index contributed by atoms with van der Waals surface area (Å²) < 4.78 is 0. The zero-order valence-corrected chi connectivity index (χ0v) is 9.46. The van der Waals surface area contributed by atoms with Crippen molar-refractivity contribution in [3.63, 3.8) is 0 Å². The highest BCUT2D eigenvalue weighted by atomic mass is 16.3. The van der Waals surface area contributed by atoms with Crippen LogP contribution in [0.25, 0.3) is 0 Å². The lowest BCUT2D eigenvalue weighted by Crippen LogP contribution is -2.39. The Morgan fingerprint density at radius 2 is 2.00 bits per heavy atom. The monoisotopic (exact) mass is 205 g/mol. The zero-order chi connectivity index (χ0) is 10.9. The summed E-state index contributed by atoms with van der Waals surface area (Å²) in [5, 5.41) is 13.9. The molecule has 1 aliphatic rings. The summed E-state index contributed by atoms with van der Waals surface area (Å²) in [6.45, 7) is 4.97. The maximum Gasteiger partial charge on any atom is 0.0836 e. The summed E-state index contributed by atoms with van der Waals surface area (Å²) in [6, 6.07) is 8.46. The van der Waals surface area contributed by atoms with Crippen LogP contribution in [0.3, 0.4) is 0 Å². The van der Waals surface area contributed by atoms with Crippen LogP contribution in [0.5, 0.6) is 0 Å². The van der Waals surface area contributed by atoms with E-state index in [0.29, 0.717) is 0 Å². The van der Waals surface area contributed by atoms with E-state index in [-0.39, 0.29) is 6.04 Å². The first-order valence-corrected chi connectivity index (χ1v) is 5.75. The van der Waals surface area contributed by atoms with Crippen LogP contribution >= 0.6 is 0 Å². The zero-order valence-electron chi connectivity index (χ0n) is 9.46. The van der Waals surface area contributed by atoms with Crippen LogP contribution in [0.4, 0.5) is 0 Å². The highest BCUT2D eigenvalue weighted by Crippen LogP contribution is 2.37. The maximum atomic E-state index is 10.5. The summed E-state index contributed by atoms with van der Waals surface area (Å²) >= 11 is 0. The van der Waals surface area contributed by atoms with Gasteiger partial charge in [0.2, 0.25) is 0 Å². The van der Waals surface area contributed by atoms with E-state index in [1.54, 1.807) is 0 Å². The summed E-state index contributed by atoms with van der Waals surface area (Å²) in [6.07, 6.45) is 1.57. The number of nitrogens with one attached hydrogen (secondary N) is 1. The first-order chi connectivity index (χ1) is 7.21. The van der Waals surface area contributed by atoms with E-state index >= 15 is 0 Å². The van der Waals surface area contributed by atoms with E-state index < -0.39 is 5.60 Å². The molecule has 1 heterocycles. The van der Waals surface area contributed by atoms with E-state index in [1.165, 1.54) is 11.1 Å². The molecule has 1 aromatic carbocycles. The number of fused-ring (bicyclic) bond motifs is 1. The molecule has 0 aliphatic carbocycles. The molecule has 2 N–H and O–H groups in total. The van der Waals surface area contributed by atoms with Gasteiger partial charge in [0, 0.05) is 6.54 Å². The standard InChI is InChI=1S/C13H19NO/c1-3-13(15,4-2)12-11-8-6-5-7-10(11)9-14-12/h5-8,12,14-15H,3-4,9H2,1-2H3. The van der Waals surface area contributed by atoms with Crippen molar-refractivity contribution in [3.05, 3.63) is 35.4 Å². The second-order valence-electron chi connectivity index (χ2n) is 4.32. The Hall–Kier alpha value is -0.860. The first kappa shape index (κ1) is 10.7. The van der Waals surface area contributed by atoms with Gasteiger partial charge >= 0.3 is 0 Å². The van der Waals surface area contributed by atoms with Gasteiger partial charge in [-0.3, -0.25) is 0 Å². The SMILES string of the molecule is CCC(O)(CC)C1NCc2ccccc21. The van der Waals surface area contributed by atoms with Crippen molar-refractivity contribution in [1.29, 1.82) is 0 Å². The van der Waals surface area contributed by atoms with Gasteiger partial charge in [-0.05, 0) is 24.0 Å². The molecule has 82 valence electrons. The average molecular weight is 205 g/mol. The second kappa shape index (κ2) is 3.95. The summed E-state index contributed by atoms with van der Waals surface area (Å²) in [7, 11) is 0. The van der Waals surface area contributed by atoms with Crippen molar-refractivity contribution in [2.75, 3.05) is 0 Å². The number of aliphatic hydroxyl groups is 1. The molecule has 1 aliphatic heterocycles. The fourth-order valence-corrected chi connectivity index (χ4v) is 2.44. The normalized spacial score (nSPS) is 20.3. The molecule has 0 bridgehead atoms. The van der Waals surface area contributed by atoms with E-state index in [9.17, 15) is 5.11 Å². The van der Waals surface area contributed by atoms with Crippen LogP contribution in [0.15, 0.2) is 24.3 Å². The fourth-order valence-electron chi connectivity index (χ4n) is 2.44. The molecule has 0 amide bonds. The lowest BCUT2D eigenvalue weighted by atomic mass is 9.85. The molecule has 0 radical (unpaired) electrons. The summed E-state index contributed by atoms with van der Waals surface area (Å²) in [5.41, 5.74) is 1.98. The molecule has 0 spiro atoms. The molecule has 0 saturated heterocycles. The Labute approximate surface area is 91.3 Å². The van der Waals surface area contributed by atoms with Crippen LogP contribution in [-0.4, -0.2) is 10.7 Å². The predicted molar refractivity (Wildman–Crippen MR) is 61.6 cm³/mol. The van der Waals surface area contributed by atoms with Gasteiger partial charge in [-0.2, -0.15) is 0 Å². The molecule has 0 aromatic heterocycles. The van der Waals surface area contributed by atoms with Gasteiger partial charge in [0.1, 0.15) is 0 Å². The molecule has 0 saturated carbocycles.